The van der Waals surface area contributed by atoms with Gasteiger partial charge in [0.1, 0.15) is 5.75 Å². The minimum Gasteiger partial charge on any atom is -0.493 e. The number of carbonyl (C=O) groups is 2. The molecule has 5 N–H and O–H groups in total. The van der Waals surface area contributed by atoms with E-state index < -0.39 is 12.2 Å². The minimum atomic E-state index is -1.18. The van der Waals surface area contributed by atoms with Crippen LogP contribution in [0.5, 0.6) is 5.75 Å². The molecule has 8 nitrogen and oxygen atoms in total. The molecule has 2 aromatic carbocycles. The van der Waals surface area contributed by atoms with Gasteiger partial charge in [-0.3, -0.25) is 9.59 Å². The zero-order chi connectivity index (χ0) is 25.9. The summed E-state index contributed by atoms with van der Waals surface area (Å²) in [4.78, 5) is 25.9. The minimum absolute atomic E-state index is 0.0858. The van der Waals surface area contributed by atoms with Gasteiger partial charge in [-0.1, -0.05) is 43.2 Å². The first-order valence-corrected chi connectivity index (χ1v) is 12.4. The van der Waals surface area contributed by atoms with Crippen LogP contribution in [-0.4, -0.2) is 45.9 Å². The third kappa shape index (κ3) is 6.95. The van der Waals surface area contributed by atoms with Gasteiger partial charge < -0.3 is 31.0 Å². The molecule has 1 atom stereocenters. The largest absolute Gasteiger partial charge is 0.493 e. The molecule has 0 aromatic heterocycles. The van der Waals surface area contributed by atoms with Gasteiger partial charge in [0.2, 0.25) is 0 Å². The number of nitrogens with one attached hydrogen (secondary N) is 1. The molecule has 1 saturated carbocycles. The number of benzene rings is 2. The molecule has 36 heavy (non-hydrogen) atoms. The van der Waals surface area contributed by atoms with Crippen LogP contribution in [0.4, 0.5) is 0 Å². The number of nitrogens with zero attached hydrogens (tertiary/aromatic N) is 1. The smallest absolute Gasteiger partial charge is 0.303 e. The van der Waals surface area contributed by atoms with E-state index in [1.807, 2.05) is 12.1 Å². The molecule has 1 amide bonds. The van der Waals surface area contributed by atoms with Crippen molar-refractivity contribution in [3.63, 3.8) is 0 Å². The molecule has 192 valence electrons. The summed E-state index contributed by atoms with van der Waals surface area (Å²) in [6.45, 7) is 0.395. The van der Waals surface area contributed by atoms with Crippen molar-refractivity contribution in [2.75, 3.05) is 6.61 Å². The van der Waals surface area contributed by atoms with E-state index in [0.29, 0.717) is 41.9 Å². The molecule has 1 unspecified atom stereocenters. The van der Waals surface area contributed by atoms with Crippen molar-refractivity contribution < 1.29 is 24.5 Å². The van der Waals surface area contributed by atoms with Crippen LogP contribution in [0, 0.1) is 5.41 Å². The number of para-hydroxylation sites is 1. The lowest BCUT2D eigenvalue weighted by atomic mass is 10.0. The normalized spacial score (nSPS) is 14.9. The van der Waals surface area contributed by atoms with Crippen LogP contribution in [0.2, 0.25) is 0 Å². The van der Waals surface area contributed by atoms with Crippen LogP contribution < -0.4 is 10.5 Å². The first-order valence-electron chi connectivity index (χ1n) is 12.4. The Morgan fingerprint density at radius 1 is 1.06 bits per heavy atom. The number of aliphatic hydroxyl groups is 1. The molecule has 0 saturated heterocycles. The van der Waals surface area contributed by atoms with Crippen molar-refractivity contribution in [1.82, 2.24) is 4.90 Å². The zero-order valence-corrected chi connectivity index (χ0v) is 20.4. The number of hydrogen-bond acceptors (Lipinski definition) is 6. The number of carboxylic acid groups (broad SMARTS) is 1. The lowest BCUT2D eigenvalue weighted by Crippen LogP contribution is -2.42. The van der Waals surface area contributed by atoms with Crippen LogP contribution >= 0.6 is 0 Å². The Bertz CT molecular complexity index is 1060. The van der Waals surface area contributed by atoms with Gasteiger partial charge in [-0.2, -0.15) is 0 Å². The van der Waals surface area contributed by atoms with Crippen LogP contribution in [0.1, 0.15) is 79.1 Å². The summed E-state index contributed by atoms with van der Waals surface area (Å²) < 4.78 is 5.95. The van der Waals surface area contributed by atoms with E-state index in [0.717, 1.165) is 43.9 Å². The number of unbranched alkanes of at least 4 members (excludes halogenated alkanes) is 2. The number of rotatable bonds is 13. The number of amides is 1. The number of aliphatic hydroxyl groups excluding tert-OH is 1. The predicted octanol–water partition coefficient (Wildman–Crippen LogP) is 4.74. The molecule has 0 aliphatic heterocycles. The number of hydrogen-bond donors (Lipinski definition) is 4. The maximum Gasteiger partial charge on any atom is 0.303 e. The number of carbonyl (C=O) groups excluding carboxylic acids is 1. The fourth-order valence-corrected chi connectivity index (χ4v) is 4.55. The summed E-state index contributed by atoms with van der Waals surface area (Å²) >= 11 is 0. The van der Waals surface area contributed by atoms with Crippen molar-refractivity contribution in [1.29, 1.82) is 5.41 Å². The molecule has 2 aromatic rings. The van der Waals surface area contributed by atoms with Gasteiger partial charge in [0, 0.05) is 41.6 Å². The summed E-state index contributed by atoms with van der Waals surface area (Å²) in [5, 5.41) is 27.7. The second kappa shape index (κ2) is 13.4. The lowest BCUT2D eigenvalue weighted by molar-refractivity contribution is -0.137. The van der Waals surface area contributed by atoms with Gasteiger partial charge in [-0.15, -0.1) is 0 Å². The second-order valence-corrected chi connectivity index (χ2v) is 8.96. The van der Waals surface area contributed by atoms with Crippen molar-refractivity contribution in [3.05, 3.63) is 71.4 Å². The average molecular weight is 494 g/mol. The van der Waals surface area contributed by atoms with Gasteiger partial charge in [-0.25, -0.2) is 0 Å². The van der Waals surface area contributed by atoms with Crippen LogP contribution in [-0.2, 0) is 4.79 Å². The molecule has 0 heterocycles. The van der Waals surface area contributed by atoms with Crippen LogP contribution in [0.15, 0.2) is 54.7 Å². The van der Waals surface area contributed by atoms with Gasteiger partial charge >= 0.3 is 5.97 Å². The second-order valence-electron chi connectivity index (χ2n) is 8.96. The standard InChI is InChI=1S/C28H35N3O5/c29-18-22(19-30)20-13-15-21(16-14-20)27(34)31(23-8-3-4-9-23)28(35)24-10-5-6-11-25(24)36-17-7-1-2-12-26(32)33/h5-6,10-11,13-16,18-19,23,28-29,35H,1-4,7-9,12,17,30H2,(H,32,33)/b22-19+,29-18?. The highest BCUT2D eigenvalue weighted by Gasteiger charge is 2.34. The SMILES string of the molecule is N=C/C(=C\N)c1ccc(C(=O)N(C2CCCC2)C(O)c2ccccc2OCCCCCC(=O)O)cc1. The maximum absolute atomic E-state index is 13.7. The van der Waals surface area contributed by atoms with E-state index in [9.17, 15) is 14.7 Å². The Morgan fingerprint density at radius 2 is 1.72 bits per heavy atom. The highest BCUT2D eigenvalue weighted by Crippen LogP contribution is 2.35. The van der Waals surface area contributed by atoms with E-state index in [1.54, 1.807) is 41.3 Å². The van der Waals surface area contributed by atoms with Crippen molar-refractivity contribution in [2.24, 2.45) is 5.73 Å². The Morgan fingerprint density at radius 3 is 2.36 bits per heavy atom. The Kier molecular flexibility index (Phi) is 10.1. The van der Waals surface area contributed by atoms with Gasteiger partial charge in [0.25, 0.3) is 5.91 Å². The molecule has 8 heteroatoms. The first-order chi connectivity index (χ1) is 17.5. The monoisotopic (exact) mass is 493 g/mol. The lowest BCUT2D eigenvalue weighted by Gasteiger charge is -2.34. The maximum atomic E-state index is 13.7. The molecule has 1 fully saturated rings. The molecule has 0 radical (unpaired) electrons. The van der Waals surface area contributed by atoms with Crippen molar-refractivity contribution >= 4 is 23.7 Å². The Labute approximate surface area is 211 Å². The molecular formula is C28H35N3O5. The van der Waals surface area contributed by atoms with Crippen LogP contribution in [0.25, 0.3) is 5.57 Å². The Hall–Kier alpha value is -3.65. The first kappa shape index (κ1) is 26.9. The number of ether oxygens (including phenoxy) is 1. The number of nitrogens with two attached hydrogens (primary N) is 1. The molecule has 3 rings (SSSR count). The number of allylic oxidation sites excluding steroid dienone is 1. The highest BCUT2D eigenvalue weighted by atomic mass is 16.5. The highest BCUT2D eigenvalue weighted by molar-refractivity contribution is 6.08. The molecule has 1 aliphatic rings. The van der Waals surface area contributed by atoms with Gasteiger partial charge in [0.05, 0.1) is 6.61 Å². The number of aliphatic carboxylic acids is 1. The molecule has 1 aliphatic carbocycles. The molecular weight excluding hydrogens is 458 g/mol. The fourth-order valence-electron chi connectivity index (χ4n) is 4.55. The average Bonchev–Trinajstić information content (AvgIpc) is 3.41. The zero-order valence-electron chi connectivity index (χ0n) is 20.4. The fraction of sp³-hybridized carbons (Fsp3) is 0.393. The summed E-state index contributed by atoms with van der Waals surface area (Å²) in [7, 11) is 0. The molecule has 0 bridgehead atoms. The van der Waals surface area contributed by atoms with Gasteiger partial charge in [0.15, 0.2) is 6.23 Å². The summed E-state index contributed by atoms with van der Waals surface area (Å²) in [6.07, 6.45) is 7.14. The predicted molar refractivity (Wildman–Crippen MR) is 139 cm³/mol. The topological polar surface area (TPSA) is 137 Å². The molecule has 0 spiro atoms. The Balaban J connectivity index is 1.78. The van der Waals surface area contributed by atoms with E-state index in [4.69, 9.17) is 21.0 Å². The summed E-state index contributed by atoms with van der Waals surface area (Å²) in [5.74, 6) is -0.558. The third-order valence-electron chi connectivity index (χ3n) is 6.51. The summed E-state index contributed by atoms with van der Waals surface area (Å²) in [5.41, 5.74) is 7.84. The van der Waals surface area contributed by atoms with E-state index >= 15 is 0 Å². The van der Waals surface area contributed by atoms with E-state index in [1.165, 1.54) is 6.20 Å². The van der Waals surface area contributed by atoms with E-state index in [2.05, 4.69) is 0 Å². The van der Waals surface area contributed by atoms with Crippen molar-refractivity contribution in [2.45, 2.75) is 63.6 Å². The van der Waals surface area contributed by atoms with Crippen LogP contribution in [0.3, 0.4) is 0 Å². The van der Waals surface area contributed by atoms with Crippen molar-refractivity contribution in [3.8, 4) is 5.75 Å². The summed E-state index contributed by atoms with van der Waals surface area (Å²) in [6, 6.07) is 14.0. The quantitative estimate of drug-likeness (QED) is 0.181. The van der Waals surface area contributed by atoms with Gasteiger partial charge in [-0.05, 0) is 55.9 Å². The van der Waals surface area contributed by atoms with E-state index in [-0.39, 0.29) is 18.4 Å². The number of carboxylic acids is 1. The third-order valence-corrected chi connectivity index (χ3v) is 6.51.